The molecular formula is C24H49KO4S. The van der Waals surface area contributed by atoms with Crippen molar-refractivity contribution in [2.75, 3.05) is 0 Å². The van der Waals surface area contributed by atoms with Gasteiger partial charge in [0.2, 0.25) is 0 Å². The third-order valence-electron chi connectivity index (χ3n) is 5.96. The van der Waals surface area contributed by atoms with Crippen LogP contribution in [0.3, 0.4) is 0 Å². The summed E-state index contributed by atoms with van der Waals surface area (Å²) in [6, 6.07) is 0. The minimum atomic E-state index is -4.32. The maximum atomic E-state index is 11.5. The van der Waals surface area contributed by atoms with E-state index in [4.69, 9.17) is 0 Å². The van der Waals surface area contributed by atoms with E-state index < -0.39 is 21.5 Å². The molecule has 0 fully saturated rings. The maximum absolute atomic E-state index is 11.5. The Morgan fingerprint density at radius 1 is 0.633 bits per heavy atom. The van der Waals surface area contributed by atoms with Crippen molar-refractivity contribution in [3.63, 3.8) is 0 Å². The summed E-state index contributed by atoms with van der Waals surface area (Å²) in [6.07, 6.45) is 20.6. The molecule has 0 heterocycles. The Kier molecular flexibility index (Phi) is 26.6. The molecule has 0 spiro atoms. The van der Waals surface area contributed by atoms with Gasteiger partial charge in [0.1, 0.15) is 0 Å². The zero-order valence-electron chi connectivity index (χ0n) is 20.4. The number of aliphatic hydroxyl groups is 1. The van der Waals surface area contributed by atoms with Gasteiger partial charge in [-0.05, 0) is 19.3 Å². The van der Waals surface area contributed by atoms with E-state index in [9.17, 15) is 18.1 Å². The molecule has 0 aliphatic rings. The second-order valence-corrected chi connectivity index (χ2v) is 10.5. The number of hydrogen-bond acceptors (Lipinski definition) is 4. The molecular weight excluding hydrogens is 423 g/mol. The molecule has 0 rings (SSSR count). The number of hydrogen-bond donors (Lipinski definition) is 1. The molecule has 0 saturated heterocycles. The Hall–Kier alpha value is 1.51. The topological polar surface area (TPSA) is 77.4 Å². The molecule has 0 aromatic carbocycles. The van der Waals surface area contributed by atoms with Crippen molar-refractivity contribution in [3.8, 4) is 0 Å². The van der Waals surface area contributed by atoms with Gasteiger partial charge in [-0.1, -0.05) is 123 Å². The molecule has 30 heavy (non-hydrogen) atoms. The first-order chi connectivity index (χ1) is 13.9. The molecule has 0 aliphatic carbocycles. The van der Waals surface area contributed by atoms with Crippen LogP contribution in [0.2, 0.25) is 0 Å². The summed E-state index contributed by atoms with van der Waals surface area (Å²) in [5, 5.41) is 9.28. The van der Waals surface area contributed by atoms with Crippen LogP contribution >= 0.6 is 0 Å². The van der Waals surface area contributed by atoms with Gasteiger partial charge >= 0.3 is 51.4 Å². The van der Waals surface area contributed by atoms with Gasteiger partial charge in [-0.2, -0.15) is 0 Å². The van der Waals surface area contributed by atoms with Gasteiger partial charge in [0, 0.05) is 0 Å². The molecule has 0 amide bonds. The fraction of sp³-hybridized carbons (Fsp3) is 1.00. The van der Waals surface area contributed by atoms with Crippen LogP contribution in [-0.2, 0) is 10.1 Å². The van der Waals surface area contributed by atoms with Gasteiger partial charge in [0.05, 0.1) is 21.5 Å². The van der Waals surface area contributed by atoms with Gasteiger partial charge in [-0.25, -0.2) is 8.42 Å². The van der Waals surface area contributed by atoms with E-state index in [0.29, 0.717) is 12.8 Å². The molecule has 0 aromatic rings. The van der Waals surface area contributed by atoms with Crippen molar-refractivity contribution in [2.24, 2.45) is 0 Å². The zero-order valence-corrected chi connectivity index (χ0v) is 24.3. The first kappa shape index (κ1) is 33.7. The maximum Gasteiger partial charge on any atom is 1.00 e. The van der Waals surface area contributed by atoms with Crippen molar-refractivity contribution in [3.05, 3.63) is 0 Å². The molecule has 0 aliphatic heterocycles. The summed E-state index contributed by atoms with van der Waals surface area (Å²) in [4.78, 5) is 0. The van der Waals surface area contributed by atoms with Crippen LogP contribution in [0.15, 0.2) is 0 Å². The molecule has 176 valence electrons. The molecule has 0 radical (unpaired) electrons. The van der Waals surface area contributed by atoms with Crippen molar-refractivity contribution in [2.45, 2.75) is 154 Å². The predicted octanol–water partition coefficient (Wildman–Crippen LogP) is 4.11. The van der Waals surface area contributed by atoms with E-state index in [2.05, 4.69) is 13.8 Å². The van der Waals surface area contributed by atoms with Gasteiger partial charge < -0.3 is 9.66 Å². The van der Waals surface area contributed by atoms with Crippen LogP contribution in [0, 0.1) is 0 Å². The predicted molar refractivity (Wildman–Crippen MR) is 123 cm³/mol. The van der Waals surface area contributed by atoms with E-state index >= 15 is 0 Å². The average molecular weight is 473 g/mol. The van der Waals surface area contributed by atoms with Crippen LogP contribution in [0.1, 0.15) is 142 Å². The summed E-state index contributed by atoms with van der Waals surface area (Å²) >= 11 is 0. The summed E-state index contributed by atoms with van der Waals surface area (Å²) in [6.45, 7) is 4.42. The number of unbranched alkanes of at least 4 members (excludes halogenated alkanes) is 15. The van der Waals surface area contributed by atoms with E-state index in [0.717, 1.165) is 32.1 Å². The summed E-state index contributed by atoms with van der Waals surface area (Å²) < 4.78 is 34.6. The van der Waals surface area contributed by atoms with E-state index in [1.54, 1.807) is 0 Å². The molecule has 0 bridgehead atoms. The molecule has 1 N–H and O–H groups in total. The van der Waals surface area contributed by atoms with Crippen LogP contribution < -0.4 is 51.4 Å². The van der Waals surface area contributed by atoms with Crippen LogP contribution in [0.25, 0.3) is 0 Å². The van der Waals surface area contributed by atoms with Crippen LogP contribution in [-0.4, -0.2) is 29.4 Å². The fourth-order valence-corrected chi connectivity index (χ4v) is 4.91. The van der Waals surface area contributed by atoms with Gasteiger partial charge in [-0.3, -0.25) is 0 Å². The van der Waals surface area contributed by atoms with E-state index in [1.165, 1.54) is 77.0 Å². The number of aliphatic hydroxyl groups excluding tert-OH is 1. The SMILES string of the molecule is CCCCCCCCCCCCC(O)CC(CCCCCCCCC)S(=O)(=O)[O-].[K+]. The van der Waals surface area contributed by atoms with Crippen molar-refractivity contribution in [1.29, 1.82) is 0 Å². The average Bonchev–Trinajstić information content (AvgIpc) is 2.67. The van der Waals surface area contributed by atoms with E-state index in [1.807, 2.05) is 0 Å². The van der Waals surface area contributed by atoms with Crippen LogP contribution in [0.4, 0.5) is 0 Å². The molecule has 0 aromatic heterocycles. The van der Waals surface area contributed by atoms with Crippen molar-refractivity contribution >= 4 is 10.1 Å². The van der Waals surface area contributed by atoms with Gasteiger partial charge in [0.25, 0.3) is 0 Å². The molecule has 0 saturated carbocycles. The van der Waals surface area contributed by atoms with Crippen molar-refractivity contribution < 1.29 is 69.5 Å². The monoisotopic (exact) mass is 472 g/mol. The summed E-state index contributed by atoms with van der Waals surface area (Å²) in [5.41, 5.74) is 0. The second-order valence-electron chi connectivity index (χ2n) is 8.88. The third kappa shape index (κ3) is 22.7. The smallest absolute Gasteiger partial charge is 0.748 e. The van der Waals surface area contributed by atoms with E-state index in [-0.39, 0.29) is 57.8 Å². The quantitative estimate of drug-likeness (QED) is 0.146. The molecule has 4 nitrogen and oxygen atoms in total. The summed E-state index contributed by atoms with van der Waals surface area (Å²) in [5.74, 6) is 0. The Morgan fingerprint density at radius 2 is 0.967 bits per heavy atom. The second kappa shape index (κ2) is 23.7. The minimum Gasteiger partial charge on any atom is -0.748 e. The Balaban J connectivity index is 0. The standard InChI is InChI=1S/C24H50O4S.K/c1-3-5-7-9-11-12-13-15-16-18-20-23(25)22-24(29(26,27)28)21-19-17-14-10-8-6-4-2;/h23-25H,3-22H2,1-2H3,(H,26,27,28);/q;+1/p-1. The van der Waals surface area contributed by atoms with Crippen LogP contribution in [0.5, 0.6) is 0 Å². The molecule has 2 atom stereocenters. The first-order valence-corrected chi connectivity index (χ1v) is 14.0. The molecule has 2 unspecified atom stereocenters. The van der Waals surface area contributed by atoms with Crippen molar-refractivity contribution in [1.82, 2.24) is 0 Å². The zero-order chi connectivity index (χ0) is 21.8. The van der Waals surface area contributed by atoms with Gasteiger partial charge in [-0.15, -0.1) is 0 Å². The fourth-order valence-electron chi connectivity index (χ4n) is 4.00. The Labute approximate surface area is 230 Å². The Bertz CT molecular complexity index is 442. The molecule has 6 heteroatoms. The summed E-state index contributed by atoms with van der Waals surface area (Å²) in [7, 11) is -4.32. The third-order valence-corrected chi connectivity index (χ3v) is 7.21. The Morgan fingerprint density at radius 3 is 1.33 bits per heavy atom. The number of rotatable bonds is 22. The minimum absolute atomic E-state index is 0. The largest absolute Gasteiger partial charge is 1.00 e. The van der Waals surface area contributed by atoms with Gasteiger partial charge in [0.15, 0.2) is 0 Å². The normalized spacial score (nSPS) is 13.7. The first-order valence-electron chi connectivity index (χ1n) is 12.5.